The zero-order valence-electron chi connectivity index (χ0n) is 10.2. The number of nitrogens with two attached hydrogens (primary N) is 1. The molecule has 1 aromatic heterocycles. The molecule has 4 heteroatoms. The number of imidazole rings is 1. The third kappa shape index (κ3) is 2.82. The van der Waals surface area contributed by atoms with Gasteiger partial charge in [-0.05, 0) is 31.5 Å². The predicted molar refractivity (Wildman–Crippen MR) is 73.3 cm³/mol. The van der Waals surface area contributed by atoms with Crippen LogP contribution in [0, 0.1) is 13.8 Å². The van der Waals surface area contributed by atoms with Crippen LogP contribution in [0.3, 0.4) is 0 Å². The topological polar surface area (TPSA) is 43.8 Å². The van der Waals surface area contributed by atoms with Crippen molar-refractivity contribution in [3.05, 3.63) is 42.0 Å². The van der Waals surface area contributed by atoms with Crippen LogP contribution in [0.4, 0.5) is 5.69 Å². The van der Waals surface area contributed by atoms with Gasteiger partial charge in [0.15, 0.2) is 0 Å². The summed E-state index contributed by atoms with van der Waals surface area (Å²) in [6, 6.07) is 6.07. The average Bonchev–Trinajstić information content (AvgIpc) is 2.71. The van der Waals surface area contributed by atoms with Crippen molar-refractivity contribution in [2.45, 2.75) is 25.3 Å². The summed E-state index contributed by atoms with van der Waals surface area (Å²) in [6.45, 7) is 5.07. The van der Waals surface area contributed by atoms with Gasteiger partial charge in [0, 0.05) is 35.3 Å². The average molecular weight is 247 g/mol. The lowest BCUT2D eigenvalue weighted by atomic mass is 10.2. The number of nitrogen functional groups attached to an aromatic ring is 1. The molecular weight excluding hydrogens is 230 g/mol. The molecule has 2 aromatic rings. The van der Waals surface area contributed by atoms with Crippen LogP contribution in [0.25, 0.3) is 0 Å². The van der Waals surface area contributed by atoms with E-state index in [1.165, 1.54) is 10.5 Å². The van der Waals surface area contributed by atoms with E-state index in [2.05, 4.69) is 22.5 Å². The first-order chi connectivity index (χ1) is 8.18. The summed E-state index contributed by atoms with van der Waals surface area (Å²) in [7, 11) is 0. The highest BCUT2D eigenvalue weighted by Gasteiger charge is 2.02. The molecule has 0 aliphatic heterocycles. The van der Waals surface area contributed by atoms with Crippen LogP contribution in [0.2, 0.25) is 0 Å². The maximum atomic E-state index is 5.88. The van der Waals surface area contributed by atoms with Gasteiger partial charge < -0.3 is 10.3 Å². The second-order valence-corrected chi connectivity index (χ2v) is 5.12. The Hall–Kier alpha value is -1.42. The van der Waals surface area contributed by atoms with Crippen molar-refractivity contribution in [3.63, 3.8) is 0 Å². The van der Waals surface area contributed by atoms with E-state index in [0.29, 0.717) is 0 Å². The van der Waals surface area contributed by atoms with E-state index in [-0.39, 0.29) is 0 Å². The molecule has 0 radical (unpaired) electrons. The molecule has 17 heavy (non-hydrogen) atoms. The number of aromatic nitrogens is 2. The fourth-order valence-electron chi connectivity index (χ4n) is 1.68. The minimum atomic E-state index is 0.869. The molecule has 0 amide bonds. The van der Waals surface area contributed by atoms with Crippen molar-refractivity contribution in [2.75, 3.05) is 11.5 Å². The molecule has 0 aliphatic rings. The Morgan fingerprint density at radius 2 is 2.18 bits per heavy atom. The molecule has 0 saturated carbocycles. The second-order valence-electron chi connectivity index (χ2n) is 3.99. The number of aryl methyl sites for hydroxylation is 2. The predicted octanol–water partition coefficient (Wildman–Crippen LogP) is 2.87. The van der Waals surface area contributed by atoms with Gasteiger partial charge in [-0.25, -0.2) is 4.98 Å². The summed E-state index contributed by atoms with van der Waals surface area (Å²) in [5.41, 5.74) is 7.93. The molecule has 0 unspecified atom stereocenters. The van der Waals surface area contributed by atoms with Crippen molar-refractivity contribution in [1.82, 2.24) is 9.55 Å². The number of benzene rings is 1. The number of hydrogen-bond donors (Lipinski definition) is 1. The number of thioether (sulfide) groups is 1. The van der Waals surface area contributed by atoms with Crippen LogP contribution < -0.4 is 5.73 Å². The van der Waals surface area contributed by atoms with Crippen LogP contribution in [-0.4, -0.2) is 15.3 Å². The minimum absolute atomic E-state index is 0.869. The lowest BCUT2D eigenvalue weighted by Gasteiger charge is -2.08. The smallest absolute Gasteiger partial charge is 0.105 e. The molecule has 0 saturated heterocycles. The molecule has 90 valence electrons. The van der Waals surface area contributed by atoms with E-state index in [4.69, 9.17) is 5.73 Å². The van der Waals surface area contributed by atoms with Crippen molar-refractivity contribution < 1.29 is 0 Å². The summed E-state index contributed by atoms with van der Waals surface area (Å²) >= 11 is 1.84. The summed E-state index contributed by atoms with van der Waals surface area (Å²) < 4.78 is 2.16. The SMILES string of the molecule is Cc1c(N)cccc1SCCn1ccnc1C. The molecule has 3 nitrogen and oxygen atoms in total. The maximum absolute atomic E-state index is 5.88. The summed E-state index contributed by atoms with van der Waals surface area (Å²) in [5, 5.41) is 0. The Balaban J connectivity index is 1.95. The van der Waals surface area contributed by atoms with Crippen LogP contribution >= 0.6 is 11.8 Å². The van der Waals surface area contributed by atoms with Gasteiger partial charge in [-0.1, -0.05) is 6.07 Å². The van der Waals surface area contributed by atoms with Gasteiger partial charge in [0.1, 0.15) is 5.82 Å². The van der Waals surface area contributed by atoms with Crippen molar-refractivity contribution in [3.8, 4) is 0 Å². The molecule has 0 fully saturated rings. The van der Waals surface area contributed by atoms with Gasteiger partial charge in [-0.3, -0.25) is 0 Å². The van der Waals surface area contributed by atoms with Crippen molar-refractivity contribution in [2.24, 2.45) is 0 Å². The second kappa shape index (κ2) is 5.27. The largest absolute Gasteiger partial charge is 0.398 e. The molecule has 0 spiro atoms. The first kappa shape index (κ1) is 12.0. The van der Waals surface area contributed by atoms with Gasteiger partial charge in [0.2, 0.25) is 0 Å². The molecule has 2 N–H and O–H groups in total. The number of hydrogen-bond acceptors (Lipinski definition) is 3. The Kier molecular flexibility index (Phi) is 3.74. The van der Waals surface area contributed by atoms with Crippen molar-refractivity contribution in [1.29, 1.82) is 0 Å². The highest BCUT2D eigenvalue weighted by atomic mass is 32.2. The Morgan fingerprint density at radius 1 is 1.35 bits per heavy atom. The fourth-order valence-corrected chi connectivity index (χ4v) is 2.70. The lowest BCUT2D eigenvalue weighted by Crippen LogP contribution is -2.01. The number of nitrogens with zero attached hydrogens (tertiary/aromatic N) is 2. The number of rotatable bonds is 4. The van der Waals surface area contributed by atoms with E-state index in [9.17, 15) is 0 Å². The molecular formula is C13H17N3S. The molecule has 1 heterocycles. The maximum Gasteiger partial charge on any atom is 0.105 e. The highest BCUT2D eigenvalue weighted by Crippen LogP contribution is 2.26. The summed E-state index contributed by atoms with van der Waals surface area (Å²) in [5.74, 6) is 2.09. The summed E-state index contributed by atoms with van der Waals surface area (Å²) in [4.78, 5) is 5.47. The van der Waals surface area contributed by atoms with Crippen LogP contribution in [0.5, 0.6) is 0 Å². The first-order valence-corrected chi connectivity index (χ1v) is 6.62. The lowest BCUT2D eigenvalue weighted by molar-refractivity contribution is 0.738. The zero-order chi connectivity index (χ0) is 12.3. The third-order valence-electron chi connectivity index (χ3n) is 2.84. The molecule has 1 aromatic carbocycles. The van der Waals surface area contributed by atoms with Crippen LogP contribution in [0.1, 0.15) is 11.4 Å². The molecule has 2 rings (SSSR count). The zero-order valence-corrected chi connectivity index (χ0v) is 11.0. The van der Waals surface area contributed by atoms with E-state index in [0.717, 1.165) is 23.8 Å². The number of anilines is 1. The monoisotopic (exact) mass is 247 g/mol. The summed E-state index contributed by atoms with van der Waals surface area (Å²) in [6.07, 6.45) is 3.86. The third-order valence-corrected chi connectivity index (χ3v) is 3.98. The van der Waals surface area contributed by atoms with E-state index in [1.54, 1.807) is 0 Å². The Bertz CT molecular complexity index is 505. The van der Waals surface area contributed by atoms with Gasteiger partial charge in [0.05, 0.1) is 0 Å². The van der Waals surface area contributed by atoms with E-state index >= 15 is 0 Å². The molecule has 0 aliphatic carbocycles. The highest BCUT2D eigenvalue weighted by molar-refractivity contribution is 7.99. The van der Waals surface area contributed by atoms with Crippen molar-refractivity contribution >= 4 is 17.4 Å². The van der Waals surface area contributed by atoms with Crippen LogP contribution in [0.15, 0.2) is 35.5 Å². The molecule has 0 bridgehead atoms. The first-order valence-electron chi connectivity index (χ1n) is 5.64. The minimum Gasteiger partial charge on any atom is -0.398 e. The van der Waals surface area contributed by atoms with E-state index < -0.39 is 0 Å². The van der Waals surface area contributed by atoms with Gasteiger partial charge >= 0.3 is 0 Å². The van der Waals surface area contributed by atoms with Gasteiger partial charge in [0.25, 0.3) is 0 Å². The van der Waals surface area contributed by atoms with Gasteiger partial charge in [-0.2, -0.15) is 0 Å². The van der Waals surface area contributed by atoms with Crippen LogP contribution in [-0.2, 0) is 6.54 Å². The van der Waals surface area contributed by atoms with Gasteiger partial charge in [-0.15, -0.1) is 11.8 Å². The Morgan fingerprint density at radius 3 is 2.88 bits per heavy atom. The Labute approximate surface area is 106 Å². The quantitative estimate of drug-likeness (QED) is 0.667. The normalized spacial score (nSPS) is 10.7. The fraction of sp³-hybridized carbons (Fsp3) is 0.308. The van der Waals surface area contributed by atoms with E-state index in [1.807, 2.05) is 43.2 Å². The standard InChI is InChI=1S/C13H17N3S/c1-10-12(14)4-3-5-13(10)17-9-8-16-7-6-15-11(16)2/h3-7H,8-9,14H2,1-2H3. The molecule has 0 atom stereocenters.